The summed E-state index contributed by atoms with van der Waals surface area (Å²) in [6, 6.07) is 4.19. The fraction of sp³-hybridized carbons (Fsp3) is 0.200. The topological polar surface area (TPSA) is 64.9 Å². The predicted molar refractivity (Wildman–Crippen MR) is 51.5 cm³/mol. The van der Waals surface area contributed by atoms with Crippen LogP contribution in [0.2, 0.25) is 0 Å². The van der Waals surface area contributed by atoms with Gasteiger partial charge in [0.05, 0.1) is 6.04 Å². The van der Waals surface area contributed by atoms with Crippen molar-refractivity contribution in [2.45, 2.75) is 13.0 Å². The van der Waals surface area contributed by atoms with Gasteiger partial charge in [-0.25, -0.2) is 4.39 Å². The van der Waals surface area contributed by atoms with Crippen molar-refractivity contribution in [3.8, 4) is 0 Å². The maximum atomic E-state index is 13.0. The van der Waals surface area contributed by atoms with Crippen molar-refractivity contribution in [1.82, 2.24) is 10.1 Å². The first-order valence-corrected chi connectivity index (χ1v) is 4.46. The molecule has 4 nitrogen and oxygen atoms in total. The Morgan fingerprint density at radius 2 is 2.27 bits per heavy atom. The Hall–Kier alpha value is -1.75. The molecule has 5 heteroatoms. The van der Waals surface area contributed by atoms with Crippen molar-refractivity contribution < 1.29 is 8.91 Å². The van der Waals surface area contributed by atoms with Crippen LogP contribution >= 0.6 is 0 Å². The Balaban J connectivity index is 2.34. The van der Waals surface area contributed by atoms with Gasteiger partial charge in [0.1, 0.15) is 5.82 Å². The fourth-order valence-corrected chi connectivity index (χ4v) is 1.33. The fourth-order valence-electron chi connectivity index (χ4n) is 1.33. The SMILES string of the molecule is Cc1cc(C(N)c2ncon2)ccc1F. The molecule has 78 valence electrons. The lowest BCUT2D eigenvalue weighted by atomic mass is 10.0. The minimum atomic E-state index is -0.483. The summed E-state index contributed by atoms with van der Waals surface area (Å²) in [4.78, 5) is 3.85. The van der Waals surface area contributed by atoms with Gasteiger partial charge in [-0.2, -0.15) is 4.98 Å². The van der Waals surface area contributed by atoms with Crippen LogP contribution in [0.4, 0.5) is 4.39 Å². The van der Waals surface area contributed by atoms with Crippen molar-refractivity contribution in [3.05, 3.63) is 47.4 Å². The number of halogens is 1. The second kappa shape index (κ2) is 3.78. The molecule has 0 aliphatic carbocycles. The molecule has 2 N–H and O–H groups in total. The molecule has 1 unspecified atom stereocenters. The lowest BCUT2D eigenvalue weighted by Crippen LogP contribution is -2.13. The average Bonchev–Trinajstić information content (AvgIpc) is 2.74. The Morgan fingerprint density at radius 1 is 1.47 bits per heavy atom. The third-order valence-electron chi connectivity index (χ3n) is 2.20. The molecule has 0 radical (unpaired) electrons. The lowest BCUT2D eigenvalue weighted by molar-refractivity contribution is 0.407. The molecule has 1 heterocycles. The summed E-state index contributed by atoms with van der Waals surface area (Å²) in [5.74, 6) is 0.139. The molecule has 0 fully saturated rings. The van der Waals surface area contributed by atoms with Crippen LogP contribution in [0.3, 0.4) is 0 Å². The Labute approximate surface area is 85.9 Å². The van der Waals surface area contributed by atoms with Gasteiger partial charge < -0.3 is 10.3 Å². The minimum Gasteiger partial charge on any atom is -0.343 e. The van der Waals surface area contributed by atoms with E-state index in [2.05, 4.69) is 14.7 Å². The maximum Gasteiger partial charge on any atom is 0.213 e. The molecule has 2 aromatic rings. The second-order valence-corrected chi connectivity index (χ2v) is 3.28. The number of benzene rings is 1. The summed E-state index contributed by atoms with van der Waals surface area (Å²) >= 11 is 0. The molecule has 0 aliphatic rings. The number of hydrogen-bond donors (Lipinski definition) is 1. The number of rotatable bonds is 2. The van der Waals surface area contributed by atoms with Gasteiger partial charge in [-0.1, -0.05) is 17.3 Å². The highest BCUT2D eigenvalue weighted by Crippen LogP contribution is 2.18. The highest BCUT2D eigenvalue weighted by atomic mass is 19.1. The molecule has 0 bridgehead atoms. The largest absolute Gasteiger partial charge is 0.343 e. The summed E-state index contributed by atoms with van der Waals surface area (Å²) in [6.07, 6.45) is 1.21. The van der Waals surface area contributed by atoms with Gasteiger partial charge in [0.25, 0.3) is 0 Å². The summed E-state index contributed by atoms with van der Waals surface area (Å²) < 4.78 is 17.6. The first-order valence-electron chi connectivity index (χ1n) is 4.46. The van der Waals surface area contributed by atoms with Crippen molar-refractivity contribution >= 4 is 0 Å². The molecule has 1 atom stereocenters. The van der Waals surface area contributed by atoms with E-state index in [1.807, 2.05) is 0 Å². The molecule has 2 rings (SSSR count). The van der Waals surface area contributed by atoms with Crippen molar-refractivity contribution in [3.63, 3.8) is 0 Å². The molecule has 0 saturated heterocycles. The third-order valence-corrected chi connectivity index (χ3v) is 2.20. The zero-order chi connectivity index (χ0) is 10.8. The van der Waals surface area contributed by atoms with Gasteiger partial charge >= 0.3 is 0 Å². The molecule has 15 heavy (non-hydrogen) atoms. The first kappa shape index (κ1) is 9.79. The summed E-state index contributed by atoms with van der Waals surface area (Å²) in [7, 11) is 0. The van der Waals surface area contributed by atoms with E-state index in [1.54, 1.807) is 19.1 Å². The van der Waals surface area contributed by atoms with Gasteiger partial charge in [0.2, 0.25) is 6.39 Å². The van der Waals surface area contributed by atoms with E-state index < -0.39 is 6.04 Å². The number of nitrogens with zero attached hydrogens (tertiary/aromatic N) is 2. The monoisotopic (exact) mass is 207 g/mol. The number of nitrogens with two attached hydrogens (primary N) is 1. The van der Waals surface area contributed by atoms with Gasteiger partial charge in [-0.3, -0.25) is 0 Å². The van der Waals surface area contributed by atoms with Crippen LogP contribution in [-0.2, 0) is 0 Å². The van der Waals surface area contributed by atoms with Gasteiger partial charge in [0.15, 0.2) is 5.82 Å². The normalized spacial score (nSPS) is 12.7. The van der Waals surface area contributed by atoms with Crippen LogP contribution < -0.4 is 5.73 Å². The van der Waals surface area contributed by atoms with Crippen molar-refractivity contribution in [2.24, 2.45) is 5.73 Å². The highest BCUT2D eigenvalue weighted by Gasteiger charge is 2.14. The van der Waals surface area contributed by atoms with Crippen LogP contribution in [0.5, 0.6) is 0 Å². The third kappa shape index (κ3) is 1.87. The number of aromatic nitrogens is 2. The van der Waals surface area contributed by atoms with Crippen molar-refractivity contribution in [1.29, 1.82) is 0 Å². The van der Waals surface area contributed by atoms with E-state index in [0.29, 0.717) is 11.4 Å². The lowest BCUT2D eigenvalue weighted by Gasteiger charge is -2.08. The standard InChI is InChI=1S/C10H10FN3O/c1-6-4-7(2-3-8(6)11)9(12)10-13-5-15-14-10/h2-5,9H,12H2,1H3. The Kier molecular flexibility index (Phi) is 2.47. The summed E-state index contributed by atoms with van der Waals surface area (Å²) in [5.41, 5.74) is 7.18. The zero-order valence-electron chi connectivity index (χ0n) is 8.14. The van der Waals surface area contributed by atoms with E-state index >= 15 is 0 Å². The quantitative estimate of drug-likeness (QED) is 0.811. The van der Waals surface area contributed by atoms with E-state index in [1.165, 1.54) is 12.5 Å². The zero-order valence-corrected chi connectivity index (χ0v) is 8.14. The van der Waals surface area contributed by atoms with Gasteiger partial charge in [-0.05, 0) is 24.1 Å². The smallest absolute Gasteiger partial charge is 0.213 e. The molecule has 0 aliphatic heterocycles. The summed E-state index contributed by atoms with van der Waals surface area (Å²) in [5, 5.41) is 3.64. The second-order valence-electron chi connectivity index (χ2n) is 3.28. The average molecular weight is 207 g/mol. The van der Waals surface area contributed by atoms with E-state index in [-0.39, 0.29) is 5.82 Å². The van der Waals surface area contributed by atoms with E-state index in [0.717, 1.165) is 5.56 Å². The number of aryl methyl sites for hydroxylation is 1. The van der Waals surface area contributed by atoms with Gasteiger partial charge in [0, 0.05) is 0 Å². The molecule has 0 amide bonds. The van der Waals surface area contributed by atoms with Crippen LogP contribution in [0.1, 0.15) is 23.0 Å². The van der Waals surface area contributed by atoms with Crippen LogP contribution in [-0.4, -0.2) is 10.1 Å². The van der Waals surface area contributed by atoms with E-state index in [9.17, 15) is 4.39 Å². The predicted octanol–water partition coefficient (Wildman–Crippen LogP) is 1.57. The van der Waals surface area contributed by atoms with Crippen LogP contribution in [0.15, 0.2) is 29.1 Å². The van der Waals surface area contributed by atoms with Gasteiger partial charge in [-0.15, -0.1) is 0 Å². The maximum absolute atomic E-state index is 13.0. The Bertz CT molecular complexity index is 456. The molecule has 0 spiro atoms. The van der Waals surface area contributed by atoms with E-state index in [4.69, 9.17) is 5.73 Å². The summed E-state index contributed by atoms with van der Waals surface area (Å²) in [6.45, 7) is 1.68. The number of hydrogen-bond acceptors (Lipinski definition) is 4. The van der Waals surface area contributed by atoms with Crippen LogP contribution in [0, 0.1) is 12.7 Å². The first-order chi connectivity index (χ1) is 7.18. The molecule has 1 aromatic carbocycles. The molecule has 0 saturated carbocycles. The van der Waals surface area contributed by atoms with Crippen LogP contribution in [0.25, 0.3) is 0 Å². The van der Waals surface area contributed by atoms with Crippen molar-refractivity contribution in [2.75, 3.05) is 0 Å². The minimum absolute atomic E-state index is 0.251. The molecular formula is C10H10FN3O. The molecule has 1 aromatic heterocycles. The Morgan fingerprint density at radius 3 is 2.87 bits per heavy atom. The molecular weight excluding hydrogens is 197 g/mol. The highest BCUT2D eigenvalue weighted by molar-refractivity contribution is 5.29.